The van der Waals surface area contributed by atoms with Gasteiger partial charge in [-0.1, -0.05) is 13.8 Å². The maximum atomic E-state index is 10.4. The molecule has 0 fully saturated rings. The summed E-state index contributed by atoms with van der Waals surface area (Å²) in [5.74, 6) is 1.33. The van der Waals surface area contributed by atoms with Crippen molar-refractivity contribution in [1.29, 1.82) is 0 Å². The van der Waals surface area contributed by atoms with Gasteiger partial charge in [0.15, 0.2) is 6.29 Å². The monoisotopic (exact) mass is 152 g/mol. The van der Waals surface area contributed by atoms with Gasteiger partial charge in [-0.15, -0.1) is 0 Å². The van der Waals surface area contributed by atoms with Crippen molar-refractivity contribution >= 4 is 6.29 Å². The zero-order valence-electron chi connectivity index (χ0n) is 6.83. The molecule has 0 atom stereocenters. The fraction of sp³-hybridized carbons (Fsp3) is 0.444. The number of rotatable bonds is 3. The van der Waals surface area contributed by atoms with Crippen molar-refractivity contribution in [2.45, 2.75) is 20.3 Å². The largest absolute Gasteiger partial charge is 0.469 e. The minimum atomic E-state index is 0.528. The van der Waals surface area contributed by atoms with Gasteiger partial charge >= 0.3 is 0 Å². The molecule has 1 rings (SSSR count). The summed E-state index contributed by atoms with van der Waals surface area (Å²) in [6.45, 7) is 4.19. The van der Waals surface area contributed by atoms with Crippen LogP contribution in [0.15, 0.2) is 16.7 Å². The lowest BCUT2D eigenvalue weighted by atomic mass is 10.1. The van der Waals surface area contributed by atoms with Gasteiger partial charge in [-0.25, -0.2) is 0 Å². The lowest BCUT2D eigenvalue weighted by molar-refractivity contribution is 0.112. The van der Waals surface area contributed by atoms with Crippen molar-refractivity contribution in [3.8, 4) is 0 Å². The topological polar surface area (TPSA) is 30.2 Å². The Morgan fingerprint density at radius 1 is 1.64 bits per heavy atom. The van der Waals surface area contributed by atoms with Crippen LogP contribution in [0, 0.1) is 5.92 Å². The lowest BCUT2D eigenvalue weighted by Crippen LogP contribution is -1.94. The summed E-state index contributed by atoms with van der Waals surface area (Å²) in [6.07, 6.45) is 3.23. The van der Waals surface area contributed by atoms with Crippen LogP contribution in [0.25, 0.3) is 0 Å². The number of hydrogen-bond donors (Lipinski definition) is 0. The van der Waals surface area contributed by atoms with E-state index in [1.54, 1.807) is 12.3 Å². The smallest absolute Gasteiger partial charge is 0.153 e. The maximum absolute atomic E-state index is 10.4. The average Bonchev–Trinajstić information content (AvgIpc) is 2.34. The summed E-state index contributed by atoms with van der Waals surface area (Å²) >= 11 is 0. The third kappa shape index (κ3) is 1.93. The highest BCUT2D eigenvalue weighted by Crippen LogP contribution is 2.12. The summed E-state index contributed by atoms with van der Waals surface area (Å²) in [4.78, 5) is 10.4. The number of carbonyl (C=O) groups is 1. The van der Waals surface area contributed by atoms with Crippen molar-refractivity contribution in [1.82, 2.24) is 0 Å². The average molecular weight is 152 g/mol. The van der Waals surface area contributed by atoms with Gasteiger partial charge in [0.25, 0.3) is 0 Å². The summed E-state index contributed by atoms with van der Waals surface area (Å²) in [6, 6.07) is 1.70. The molecule has 0 bridgehead atoms. The molecule has 0 aliphatic rings. The molecule has 0 aliphatic heterocycles. The lowest BCUT2D eigenvalue weighted by Gasteiger charge is -2.00. The van der Waals surface area contributed by atoms with Crippen molar-refractivity contribution < 1.29 is 9.21 Å². The van der Waals surface area contributed by atoms with E-state index in [0.717, 1.165) is 18.5 Å². The molecule has 2 heteroatoms. The standard InChI is InChI=1S/C9H12O2/c1-7(2)5-9-8(6-10)3-4-11-9/h3-4,6-7H,5H2,1-2H3. The van der Waals surface area contributed by atoms with Crippen LogP contribution in [0.1, 0.15) is 30.0 Å². The molecule has 0 N–H and O–H groups in total. The molecule has 60 valence electrons. The van der Waals surface area contributed by atoms with Gasteiger partial charge in [-0.3, -0.25) is 4.79 Å². The van der Waals surface area contributed by atoms with E-state index in [4.69, 9.17) is 4.42 Å². The second-order valence-corrected chi connectivity index (χ2v) is 3.01. The number of carbonyl (C=O) groups excluding carboxylic acids is 1. The van der Waals surface area contributed by atoms with Crippen LogP contribution in [0.3, 0.4) is 0 Å². The molecule has 0 unspecified atom stereocenters. The third-order valence-electron chi connectivity index (χ3n) is 1.50. The van der Waals surface area contributed by atoms with Gasteiger partial charge in [0.1, 0.15) is 5.76 Å². The molecule has 0 aromatic carbocycles. The fourth-order valence-corrected chi connectivity index (χ4v) is 0.992. The Balaban J connectivity index is 2.76. The number of hydrogen-bond acceptors (Lipinski definition) is 2. The van der Waals surface area contributed by atoms with Crippen molar-refractivity contribution in [2.75, 3.05) is 0 Å². The highest BCUT2D eigenvalue weighted by atomic mass is 16.3. The van der Waals surface area contributed by atoms with E-state index in [9.17, 15) is 4.79 Å². The van der Waals surface area contributed by atoms with Crippen molar-refractivity contribution in [3.63, 3.8) is 0 Å². The molecule has 0 spiro atoms. The number of aldehydes is 1. The van der Waals surface area contributed by atoms with Crippen LogP contribution in [0.5, 0.6) is 0 Å². The van der Waals surface area contributed by atoms with Crippen LogP contribution in [-0.4, -0.2) is 6.29 Å². The van der Waals surface area contributed by atoms with E-state index in [0.29, 0.717) is 11.5 Å². The molecule has 0 aliphatic carbocycles. The Hall–Kier alpha value is -1.05. The van der Waals surface area contributed by atoms with E-state index >= 15 is 0 Å². The van der Waals surface area contributed by atoms with Gasteiger partial charge in [-0.2, -0.15) is 0 Å². The van der Waals surface area contributed by atoms with E-state index in [-0.39, 0.29) is 0 Å². The van der Waals surface area contributed by atoms with Crippen molar-refractivity contribution in [2.24, 2.45) is 5.92 Å². The van der Waals surface area contributed by atoms with E-state index in [1.807, 2.05) is 0 Å². The summed E-state index contributed by atoms with van der Waals surface area (Å²) in [5.41, 5.74) is 0.679. The Morgan fingerprint density at radius 2 is 2.36 bits per heavy atom. The minimum absolute atomic E-state index is 0.528. The summed E-state index contributed by atoms with van der Waals surface area (Å²) in [7, 11) is 0. The normalized spacial score (nSPS) is 10.5. The zero-order valence-corrected chi connectivity index (χ0v) is 6.83. The van der Waals surface area contributed by atoms with Crippen LogP contribution < -0.4 is 0 Å². The van der Waals surface area contributed by atoms with Gasteiger partial charge < -0.3 is 4.42 Å². The summed E-state index contributed by atoms with van der Waals surface area (Å²) < 4.78 is 5.14. The first-order valence-corrected chi connectivity index (χ1v) is 3.75. The number of furan rings is 1. The molecule has 11 heavy (non-hydrogen) atoms. The zero-order chi connectivity index (χ0) is 8.27. The van der Waals surface area contributed by atoms with Crippen LogP contribution in [-0.2, 0) is 6.42 Å². The Labute approximate surface area is 66.2 Å². The Bertz CT molecular complexity index is 235. The first-order chi connectivity index (χ1) is 5.24. The van der Waals surface area contributed by atoms with E-state index in [2.05, 4.69) is 13.8 Å². The second-order valence-electron chi connectivity index (χ2n) is 3.01. The van der Waals surface area contributed by atoms with Gasteiger partial charge in [0.05, 0.1) is 11.8 Å². The summed E-state index contributed by atoms with van der Waals surface area (Å²) in [5, 5.41) is 0. The molecule has 0 amide bonds. The molecule has 1 aromatic rings. The molecule has 1 aromatic heterocycles. The van der Waals surface area contributed by atoms with Gasteiger partial charge in [-0.05, 0) is 12.0 Å². The predicted octanol–water partition coefficient (Wildman–Crippen LogP) is 2.29. The molecule has 0 saturated carbocycles. The Kier molecular flexibility index (Phi) is 2.47. The van der Waals surface area contributed by atoms with E-state index < -0.39 is 0 Å². The minimum Gasteiger partial charge on any atom is -0.469 e. The van der Waals surface area contributed by atoms with E-state index in [1.165, 1.54) is 0 Å². The van der Waals surface area contributed by atoms with Gasteiger partial charge in [0, 0.05) is 6.42 Å². The predicted molar refractivity (Wildman–Crippen MR) is 42.6 cm³/mol. The molecule has 1 heterocycles. The molecular formula is C9H12O2. The first kappa shape index (κ1) is 8.05. The van der Waals surface area contributed by atoms with Crippen LogP contribution in [0.4, 0.5) is 0 Å². The Morgan fingerprint density at radius 3 is 2.91 bits per heavy atom. The SMILES string of the molecule is CC(C)Cc1occc1C=O. The highest BCUT2D eigenvalue weighted by Gasteiger charge is 2.06. The molecule has 0 saturated heterocycles. The maximum Gasteiger partial charge on any atom is 0.153 e. The first-order valence-electron chi connectivity index (χ1n) is 3.75. The van der Waals surface area contributed by atoms with Crippen LogP contribution >= 0.6 is 0 Å². The second kappa shape index (κ2) is 3.37. The highest BCUT2D eigenvalue weighted by molar-refractivity contribution is 5.75. The third-order valence-corrected chi connectivity index (χ3v) is 1.50. The molecule has 0 radical (unpaired) electrons. The fourth-order valence-electron chi connectivity index (χ4n) is 0.992. The quantitative estimate of drug-likeness (QED) is 0.622. The van der Waals surface area contributed by atoms with Crippen LogP contribution in [0.2, 0.25) is 0 Å². The van der Waals surface area contributed by atoms with Gasteiger partial charge in [0.2, 0.25) is 0 Å². The molecular weight excluding hydrogens is 140 g/mol. The molecule has 2 nitrogen and oxygen atoms in total. The van der Waals surface area contributed by atoms with Crippen molar-refractivity contribution in [3.05, 3.63) is 23.7 Å².